The van der Waals surface area contributed by atoms with E-state index in [0.717, 1.165) is 29.9 Å². The number of rotatable bonds is 5. The highest BCUT2D eigenvalue weighted by atomic mass is 19.1. The number of nitrogens with one attached hydrogen (secondary N) is 2. The highest BCUT2D eigenvalue weighted by molar-refractivity contribution is 5.93. The zero-order valence-corrected chi connectivity index (χ0v) is 17.8. The molecule has 1 aliphatic rings. The molecular formula is C24H23FN6O2. The Bertz CT molecular complexity index is 1280. The molecule has 5 rings (SSSR count). The first kappa shape index (κ1) is 20.7. The number of H-pyrrole nitrogens is 1. The van der Waals surface area contributed by atoms with Crippen molar-refractivity contribution >= 4 is 34.1 Å². The molecule has 1 amide bonds. The molecule has 1 saturated heterocycles. The summed E-state index contributed by atoms with van der Waals surface area (Å²) in [6, 6.07) is 12.7. The first-order valence-electron chi connectivity index (χ1n) is 10.7. The molecule has 1 fully saturated rings. The van der Waals surface area contributed by atoms with Gasteiger partial charge in [-0.3, -0.25) is 4.79 Å². The Hall–Kier alpha value is -4.14. The predicted molar refractivity (Wildman–Crippen MR) is 125 cm³/mol. The van der Waals surface area contributed by atoms with E-state index in [-0.39, 0.29) is 17.6 Å². The monoisotopic (exact) mass is 446 g/mol. The lowest BCUT2D eigenvalue weighted by atomic mass is 9.95. The standard InChI is InChI=1S/C24H23FN6O2/c25-16-1-3-19(4-2-16)33-20-12-17(26)11-18(13-20)30-24(32)15-6-9-31(10-7-15)23-21-5-8-27-22(21)28-14-29-23/h1-5,8,11-15H,6-7,9-10,26H2,(H,30,32)(H,27,28,29). The highest BCUT2D eigenvalue weighted by Gasteiger charge is 2.27. The third-order valence-electron chi connectivity index (χ3n) is 5.74. The number of nitrogens with two attached hydrogens (primary N) is 1. The van der Waals surface area contributed by atoms with Crippen molar-refractivity contribution in [2.45, 2.75) is 12.8 Å². The number of nitrogen functional groups attached to an aromatic ring is 1. The lowest BCUT2D eigenvalue weighted by Gasteiger charge is -2.32. The van der Waals surface area contributed by atoms with Gasteiger partial charge in [0.1, 0.15) is 35.1 Å². The van der Waals surface area contributed by atoms with Crippen LogP contribution in [0, 0.1) is 11.7 Å². The van der Waals surface area contributed by atoms with Gasteiger partial charge >= 0.3 is 0 Å². The van der Waals surface area contributed by atoms with Crippen molar-refractivity contribution in [1.29, 1.82) is 0 Å². The van der Waals surface area contributed by atoms with E-state index in [2.05, 4.69) is 25.2 Å². The fourth-order valence-corrected chi connectivity index (χ4v) is 4.10. The van der Waals surface area contributed by atoms with Crippen molar-refractivity contribution in [3.63, 3.8) is 0 Å². The van der Waals surface area contributed by atoms with Crippen LogP contribution in [0.25, 0.3) is 11.0 Å². The van der Waals surface area contributed by atoms with Gasteiger partial charge in [0.2, 0.25) is 5.91 Å². The van der Waals surface area contributed by atoms with Crippen LogP contribution in [0.2, 0.25) is 0 Å². The number of hydrogen-bond donors (Lipinski definition) is 3. The van der Waals surface area contributed by atoms with Gasteiger partial charge in [0.25, 0.3) is 0 Å². The summed E-state index contributed by atoms with van der Waals surface area (Å²) in [7, 11) is 0. The SMILES string of the molecule is Nc1cc(NC(=O)C2CCN(c3ncnc4[nH]ccc34)CC2)cc(Oc2ccc(F)cc2)c1. The van der Waals surface area contributed by atoms with Crippen LogP contribution >= 0.6 is 0 Å². The molecule has 4 N–H and O–H groups in total. The first-order valence-corrected chi connectivity index (χ1v) is 10.7. The molecule has 9 heteroatoms. The topological polar surface area (TPSA) is 109 Å². The number of benzene rings is 2. The molecule has 8 nitrogen and oxygen atoms in total. The van der Waals surface area contributed by atoms with Crippen molar-refractivity contribution in [1.82, 2.24) is 15.0 Å². The van der Waals surface area contributed by atoms with E-state index in [0.29, 0.717) is 35.7 Å². The molecule has 4 aromatic rings. The van der Waals surface area contributed by atoms with Crippen LogP contribution in [0.1, 0.15) is 12.8 Å². The second kappa shape index (κ2) is 8.78. The fraction of sp³-hybridized carbons (Fsp3) is 0.208. The van der Waals surface area contributed by atoms with Gasteiger partial charge in [0.15, 0.2) is 0 Å². The van der Waals surface area contributed by atoms with E-state index < -0.39 is 0 Å². The van der Waals surface area contributed by atoms with Gasteiger partial charge in [-0.15, -0.1) is 0 Å². The molecule has 0 bridgehead atoms. The predicted octanol–water partition coefficient (Wildman–Crippen LogP) is 4.33. The average molecular weight is 446 g/mol. The van der Waals surface area contributed by atoms with Gasteiger partial charge in [0.05, 0.1) is 5.39 Å². The largest absolute Gasteiger partial charge is 0.457 e. The summed E-state index contributed by atoms with van der Waals surface area (Å²) >= 11 is 0. The molecule has 0 radical (unpaired) electrons. The summed E-state index contributed by atoms with van der Waals surface area (Å²) < 4.78 is 18.9. The van der Waals surface area contributed by atoms with E-state index in [1.165, 1.54) is 24.3 Å². The number of amides is 1. The Kier molecular flexibility index (Phi) is 5.52. The van der Waals surface area contributed by atoms with Gasteiger partial charge in [-0.05, 0) is 49.2 Å². The highest BCUT2D eigenvalue weighted by Crippen LogP contribution is 2.30. The fourth-order valence-electron chi connectivity index (χ4n) is 4.10. The molecule has 2 aromatic carbocycles. The smallest absolute Gasteiger partial charge is 0.227 e. The third kappa shape index (κ3) is 4.57. The summed E-state index contributed by atoms with van der Waals surface area (Å²) in [6.07, 6.45) is 4.83. The van der Waals surface area contributed by atoms with Gasteiger partial charge < -0.3 is 25.7 Å². The van der Waals surface area contributed by atoms with Crippen LogP contribution in [-0.4, -0.2) is 33.9 Å². The van der Waals surface area contributed by atoms with Gasteiger partial charge in [-0.25, -0.2) is 14.4 Å². The average Bonchev–Trinajstić information content (AvgIpc) is 3.29. The summed E-state index contributed by atoms with van der Waals surface area (Å²) in [5.74, 6) is 1.32. The quantitative estimate of drug-likeness (QED) is 0.394. The van der Waals surface area contributed by atoms with Crippen LogP contribution in [0.15, 0.2) is 61.1 Å². The van der Waals surface area contributed by atoms with E-state index in [4.69, 9.17) is 10.5 Å². The maximum absolute atomic E-state index is 13.1. The Morgan fingerprint density at radius 1 is 1.09 bits per heavy atom. The number of hydrogen-bond acceptors (Lipinski definition) is 6. The number of piperidine rings is 1. The Morgan fingerprint density at radius 3 is 2.67 bits per heavy atom. The van der Waals surface area contributed by atoms with Gasteiger partial charge in [-0.1, -0.05) is 0 Å². The number of carbonyl (C=O) groups is 1. The van der Waals surface area contributed by atoms with Crippen molar-refractivity contribution in [3.05, 3.63) is 66.9 Å². The number of carbonyl (C=O) groups excluding carboxylic acids is 1. The number of aromatic nitrogens is 3. The van der Waals surface area contributed by atoms with Crippen molar-refractivity contribution in [3.8, 4) is 11.5 Å². The number of nitrogens with zero attached hydrogens (tertiary/aromatic N) is 3. The zero-order valence-electron chi connectivity index (χ0n) is 17.8. The molecular weight excluding hydrogens is 423 g/mol. The minimum atomic E-state index is -0.342. The van der Waals surface area contributed by atoms with E-state index in [9.17, 15) is 9.18 Å². The molecule has 0 unspecified atom stereocenters. The number of fused-ring (bicyclic) bond motifs is 1. The van der Waals surface area contributed by atoms with E-state index in [1.807, 2.05) is 12.3 Å². The lowest BCUT2D eigenvalue weighted by Crippen LogP contribution is -2.38. The molecule has 1 aliphatic heterocycles. The van der Waals surface area contributed by atoms with Crippen molar-refractivity contribution < 1.29 is 13.9 Å². The summed E-state index contributed by atoms with van der Waals surface area (Å²) in [6.45, 7) is 1.45. The normalized spacial score (nSPS) is 14.4. The maximum atomic E-state index is 13.1. The number of aromatic amines is 1. The molecule has 168 valence electrons. The van der Waals surface area contributed by atoms with Crippen molar-refractivity contribution in [2.75, 3.05) is 29.0 Å². The molecule has 0 aliphatic carbocycles. The summed E-state index contributed by atoms with van der Waals surface area (Å²) in [4.78, 5) is 26.9. The molecule has 0 spiro atoms. The van der Waals surface area contributed by atoms with Crippen LogP contribution in [0.4, 0.5) is 21.6 Å². The number of halogens is 1. The Morgan fingerprint density at radius 2 is 1.88 bits per heavy atom. The maximum Gasteiger partial charge on any atom is 0.227 e. The lowest BCUT2D eigenvalue weighted by molar-refractivity contribution is -0.120. The van der Waals surface area contributed by atoms with Gasteiger partial charge in [-0.2, -0.15) is 0 Å². The second-order valence-corrected chi connectivity index (χ2v) is 8.03. The van der Waals surface area contributed by atoms with Gasteiger partial charge in [0, 0.05) is 48.7 Å². The Balaban J connectivity index is 1.22. The minimum Gasteiger partial charge on any atom is -0.457 e. The molecule has 0 atom stereocenters. The van der Waals surface area contributed by atoms with Crippen LogP contribution in [0.3, 0.4) is 0 Å². The minimum absolute atomic E-state index is 0.0533. The van der Waals surface area contributed by atoms with Crippen molar-refractivity contribution in [2.24, 2.45) is 5.92 Å². The number of ether oxygens (including phenoxy) is 1. The van der Waals surface area contributed by atoms with Crippen LogP contribution in [0.5, 0.6) is 11.5 Å². The Labute approximate surface area is 189 Å². The zero-order chi connectivity index (χ0) is 22.8. The molecule has 3 heterocycles. The molecule has 2 aromatic heterocycles. The van der Waals surface area contributed by atoms with E-state index in [1.54, 1.807) is 24.5 Å². The number of anilines is 3. The first-order chi connectivity index (χ1) is 16.0. The molecule has 33 heavy (non-hydrogen) atoms. The summed E-state index contributed by atoms with van der Waals surface area (Å²) in [5.41, 5.74) is 7.82. The third-order valence-corrected chi connectivity index (χ3v) is 5.74. The van der Waals surface area contributed by atoms with E-state index >= 15 is 0 Å². The summed E-state index contributed by atoms with van der Waals surface area (Å²) in [5, 5.41) is 3.94. The second-order valence-electron chi connectivity index (χ2n) is 8.03. The van der Waals surface area contributed by atoms with Crippen LogP contribution in [-0.2, 0) is 4.79 Å². The van der Waals surface area contributed by atoms with Crippen LogP contribution < -0.4 is 20.7 Å². The molecule has 0 saturated carbocycles.